The molecule has 2 heterocycles. The SMILES string of the molecule is Cn1nc(C(=O)NCCc2ccccc2F)cc1NC(=O)c1cccs1. The lowest BCUT2D eigenvalue weighted by atomic mass is 10.1. The van der Waals surface area contributed by atoms with E-state index in [1.54, 1.807) is 37.4 Å². The van der Waals surface area contributed by atoms with Gasteiger partial charge in [0, 0.05) is 19.7 Å². The number of hydrogen-bond acceptors (Lipinski definition) is 4. The van der Waals surface area contributed by atoms with Gasteiger partial charge in [-0.05, 0) is 29.5 Å². The first kappa shape index (κ1) is 17.8. The fraction of sp³-hybridized carbons (Fsp3) is 0.167. The number of aryl methyl sites for hydroxylation is 1. The van der Waals surface area contributed by atoms with Crippen LogP contribution < -0.4 is 10.6 Å². The van der Waals surface area contributed by atoms with Crippen molar-refractivity contribution in [3.8, 4) is 0 Å². The molecule has 0 radical (unpaired) electrons. The fourth-order valence-corrected chi connectivity index (χ4v) is 3.00. The lowest BCUT2D eigenvalue weighted by molar-refractivity contribution is 0.0947. The number of benzene rings is 1. The van der Waals surface area contributed by atoms with E-state index in [4.69, 9.17) is 0 Å². The molecule has 8 heteroatoms. The molecule has 0 fully saturated rings. The van der Waals surface area contributed by atoms with Crippen molar-refractivity contribution in [2.75, 3.05) is 11.9 Å². The molecule has 26 heavy (non-hydrogen) atoms. The van der Waals surface area contributed by atoms with E-state index in [1.807, 2.05) is 5.38 Å². The maximum atomic E-state index is 13.6. The van der Waals surface area contributed by atoms with Crippen LogP contribution in [0.3, 0.4) is 0 Å². The third kappa shape index (κ3) is 4.15. The number of aromatic nitrogens is 2. The van der Waals surface area contributed by atoms with E-state index in [0.29, 0.717) is 22.7 Å². The first-order chi connectivity index (χ1) is 12.5. The first-order valence-corrected chi connectivity index (χ1v) is 8.83. The van der Waals surface area contributed by atoms with E-state index in [1.165, 1.54) is 28.2 Å². The highest BCUT2D eigenvalue weighted by Gasteiger charge is 2.15. The van der Waals surface area contributed by atoms with Gasteiger partial charge in [0.2, 0.25) is 0 Å². The van der Waals surface area contributed by atoms with Crippen LogP contribution in [0.4, 0.5) is 10.2 Å². The summed E-state index contributed by atoms with van der Waals surface area (Å²) in [5.41, 5.74) is 0.722. The van der Waals surface area contributed by atoms with Crippen molar-refractivity contribution >= 4 is 29.0 Å². The predicted octanol–water partition coefficient (Wildman–Crippen LogP) is 2.85. The predicted molar refractivity (Wildman–Crippen MR) is 97.9 cm³/mol. The van der Waals surface area contributed by atoms with E-state index >= 15 is 0 Å². The van der Waals surface area contributed by atoms with Crippen molar-refractivity contribution in [3.63, 3.8) is 0 Å². The number of amides is 2. The molecule has 2 aromatic heterocycles. The first-order valence-electron chi connectivity index (χ1n) is 7.95. The van der Waals surface area contributed by atoms with Gasteiger partial charge >= 0.3 is 0 Å². The van der Waals surface area contributed by atoms with Crippen LogP contribution in [0.5, 0.6) is 0 Å². The zero-order chi connectivity index (χ0) is 18.5. The van der Waals surface area contributed by atoms with Crippen LogP contribution in [0.2, 0.25) is 0 Å². The number of nitrogens with zero attached hydrogens (tertiary/aromatic N) is 2. The molecule has 134 valence electrons. The Balaban J connectivity index is 1.58. The summed E-state index contributed by atoms with van der Waals surface area (Å²) < 4.78 is 15.0. The van der Waals surface area contributed by atoms with Gasteiger partial charge in [-0.15, -0.1) is 11.3 Å². The molecule has 0 atom stereocenters. The molecule has 6 nitrogen and oxygen atoms in total. The molecule has 3 aromatic rings. The highest BCUT2D eigenvalue weighted by molar-refractivity contribution is 7.12. The summed E-state index contributed by atoms with van der Waals surface area (Å²) in [4.78, 5) is 24.9. The number of anilines is 1. The molecular formula is C18H17FN4O2S. The van der Waals surface area contributed by atoms with Crippen molar-refractivity contribution in [2.24, 2.45) is 7.05 Å². The zero-order valence-electron chi connectivity index (χ0n) is 14.0. The summed E-state index contributed by atoms with van der Waals surface area (Å²) in [6.45, 7) is 0.285. The monoisotopic (exact) mass is 372 g/mol. The molecule has 0 aliphatic rings. The zero-order valence-corrected chi connectivity index (χ0v) is 14.8. The number of carbonyl (C=O) groups is 2. The number of hydrogen-bond donors (Lipinski definition) is 2. The topological polar surface area (TPSA) is 76.0 Å². The third-order valence-corrected chi connectivity index (χ3v) is 4.61. The molecule has 2 amide bonds. The van der Waals surface area contributed by atoms with Gasteiger partial charge < -0.3 is 10.6 Å². The van der Waals surface area contributed by atoms with Gasteiger partial charge in [0.1, 0.15) is 11.6 Å². The maximum absolute atomic E-state index is 13.6. The van der Waals surface area contributed by atoms with Crippen LogP contribution >= 0.6 is 11.3 Å². The second kappa shape index (κ2) is 7.92. The lowest BCUT2D eigenvalue weighted by Gasteiger charge is -2.04. The second-order valence-electron chi connectivity index (χ2n) is 5.57. The van der Waals surface area contributed by atoms with Crippen LogP contribution in [-0.4, -0.2) is 28.1 Å². The van der Waals surface area contributed by atoms with E-state index in [-0.39, 0.29) is 29.9 Å². The van der Waals surface area contributed by atoms with Crippen molar-refractivity contribution in [1.82, 2.24) is 15.1 Å². The Hall–Kier alpha value is -3.00. The highest BCUT2D eigenvalue weighted by Crippen LogP contribution is 2.14. The van der Waals surface area contributed by atoms with Crippen LogP contribution in [0.1, 0.15) is 25.7 Å². The van der Waals surface area contributed by atoms with Crippen molar-refractivity contribution in [1.29, 1.82) is 0 Å². The highest BCUT2D eigenvalue weighted by atomic mass is 32.1. The second-order valence-corrected chi connectivity index (χ2v) is 6.51. The molecule has 0 aliphatic heterocycles. The molecule has 3 rings (SSSR count). The molecule has 0 bridgehead atoms. The Kier molecular flexibility index (Phi) is 5.43. The molecule has 0 spiro atoms. The summed E-state index contributed by atoms with van der Waals surface area (Å²) in [6.07, 6.45) is 0.382. The van der Waals surface area contributed by atoms with Crippen molar-refractivity contribution < 1.29 is 14.0 Å². The van der Waals surface area contributed by atoms with Gasteiger partial charge in [0.05, 0.1) is 4.88 Å². The van der Waals surface area contributed by atoms with Gasteiger partial charge in [-0.3, -0.25) is 14.3 Å². The summed E-state index contributed by atoms with van der Waals surface area (Å²) in [6, 6.07) is 11.5. The Labute approximate surface area is 153 Å². The average Bonchev–Trinajstić information content (AvgIpc) is 3.27. The van der Waals surface area contributed by atoms with Gasteiger partial charge in [-0.25, -0.2) is 4.39 Å². The molecule has 0 unspecified atom stereocenters. The summed E-state index contributed by atoms with van der Waals surface area (Å²) in [5.74, 6) is -0.510. The Bertz CT molecular complexity index is 921. The molecule has 0 saturated heterocycles. The van der Waals surface area contributed by atoms with Gasteiger partial charge in [-0.2, -0.15) is 5.10 Å². The van der Waals surface area contributed by atoms with Gasteiger partial charge in [0.25, 0.3) is 11.8 Å². The molecule has 0 saturated carbocycles. The van der Waals surface area contributed by atoms with E-state index in [9.17, 15) is 14.0 Å². The minimum atomic E-state index is -0.381. The number of thiophene rings is 1. The fourth-order valence-electron chi connectivity index (χ4n) is 2.38. The van der Waals surface area contributed by atoms with E-state index in [0.717, 1.165) is 0 Å². The quantitative estimate of drug-likeness (QED) is 0.699. The van der Waals surface area contributed by atoms with E-state index in [2.05, 4.69) is 15.7 Å². The smallest absolute Gasteiger partial charge is 0.271 e. The van der Waals surface area contributed by atoms with Crippen LogP contribution in [0.25, 0.3) is 0 Å². The number of halogens is 1. The molecular weight excluding hydrogens is 355 g/mol. The van der Waals surface area contributed by atoms with Crippen molar-refractivity contribution in [3.05, 3.63) is 69.8 Å². The van der Waals surface area contributed by atoms with Gasteiger partial charge in [-0.1, -0.05) is 24.3 Å². The number of nitrogens with one attached hydrogen (secondary N) is 2. The summed E-state index contributed by atoms with van der Waals surface area (Å²) >= 11 is 1.33. The molecule has 0 aliphatic carbocycles. The largest absolute Gasteiger partial charge is 0.350 e. The van der Waals surface area contributed by atoms with Crippen LogP contribution in [-0.2, 0) is 13.5 Å². The molecule has 2 N–H and O–H groups in total. The summed E-state index contributed by atoms with van der Waals surface area (Å²) in [5, 5.41) is 11.3. The minimum Gasteiger partial charge on any atom is -0.350 e. The Morgan fingerprint density at radius 3 is 2.73 bits per heavy atom. The molecule has 1 aromatic carbocycles. The number of carbonyl (C=O) groups excluding carboxylic acids is 2. The van der Waals surface area contributed by atoms with E-state index < -0.39 is 0 Å². The lowest BCUT2D eigenvalue weighted by Crippen LogP contribution is -2.26. The van der Waals surface area contributed by atoms with Crippen LogP contribution in [0, 0.1) is 5.82 Å². The average molecular weight is 372 g/mol. The third-order valence-electron chi connectivity index (χ3n) is 3.74. The van der Waals surface area contributed by atoms with Gasteiger partial charge in [0.15, 0.2) is 5.69 Å². The maximum Gasteiger partial charge on any atom is 0.271 e. The minimum absolute atomic E-state index is 0.183. The number of rotatable bonds is 6. The Morgan fingerprint density at radius 2 is 2.00 bits per heavy atom. The standard InChI is InChI=1S/C18H17FN4O2S/c1-23-16(21-18(25)15-7-4-10-26-15)11-14(22-23)17(24)20-9-8-12-5-2-3-6-13(12)19/h2-7,10-11H,8-9H2,1H3,(H,20,24)(H,21,25). The summed E-state index contributed by atoms with van der Waals surface area (Å²) in [7, 11) is 1.64. The Morgan fingerprint density at radius 1 is 1.19 bits per heavy atom. The normalized spacial score (nSPS) is 10.5. The van der Waals surface area contributed by atoms with Crippen LogP contribution in [0.15, 0.2) is 47.8 Å². The van der Waals surface area contributed by atoms with Crippen molar-refractivity contribution in [2.45, 2.75) is 6.42 Å².